The van der Waals surface area contributed by atoms with Crippen molar-refractivity contribution in [2.24, 2.45) is 5.10 Å². The van der Waals surface area contributed by atoms with Crippen molar-refractivity contribution in [3.63, 3.8) is 0 Å². The van der Waals surface area contributed by atoms with E-state index in [1.165, 1.54) is 29.6 Å². The topological polar surface area (TPSA) is 86.2 Å². The Balaban J connectivity index is 2.33. The van der Waals surface area contributed by atoms with Gasteiger partial charge < -0.3 is 0 Å². The van der Waals surface area contributed by atoms with Crippen molar-refractivity contribution in [2.45, 2.75) is 19.8 Å². The zero-order valence-corrected chi connectivity index (χ0v) is 10.6. The van der Waals surface area contributed by atoms with Gasteiger partial charge in [-0.2, -0.15) is 5.10 Å². The normalized spacial score (nSPS) is 11.3. The number of aromatic nitrogens is 3. The highest BCUT2D eigenvalue weighted by Gasteiger charge is 2.16. The lowest BCUT2D eigenvalue weighted by atomic mass is 9.99. The fraction of sp³-hybridized carbons (Fsp3) is 0.250. The van der Waals surface area contributed by atoms with Crippen LogP contribution >= 0.6 is 0 Å². The van der Waals surface area contributed by atoms with E-state index in [-0.39, 0.29) is 16.5 Å². The largest absolute Gasteiger partial charge is 0.273 e. The molecule has 0 unspecified atom stereocenters. The Morgan fingerprint density at radius 2 is 2.05 bits per heavy atom. The van der Waals surface area contributed by atoms with Crippen LogP contribution in [-0.2, 0) is 0 Å². The lowest BCUT2D eigenvalue weighted by molar-refractivity contribution is -0.385. The van der Waals surface area contributed by atoms with Crippen LogP contribution in [0.15, 0.2) is 36.0 Å². The van der Waals surface area contributed by atoms with Gasteiger partial charge in [-0.05, 0) is 5.92 Å². The number of benzene rings is 1. The molecule has 1 aromatic heterocycles. The van der Waals surface area contributed by atoms with Crippen molar-refractivity contribution < 1.29 is 4.92 Å². The maximum atomic E-state index is 11.0. The molecular weight excluding hydrogens is 246 g/mol. The Kier molecular flexibility index (Phi) is 3.65. The maximum absolute atomic E-state index is 11.0. The molecule has 2 aromatic rings. The summed E-state index contributed by atoms with van der Waals surface area (Å²) in [6, 6.07) is 5.08. The second kappa shape index (κ2) is 5.38. The van der Waals surface area contributed by atoms with Gasteiger partial charge in [-0.25, -0.2) is 4.68 Å². The first kappa shape index (κ1) is 12.9. The molecule has 19 heavy (non-hydrogen) atoms. The highest BCUT2D eigenvalue weighted by atomic mass is 16.6. The van der Waals surface area contributed by atoms with E-state index in [1.807, 2.05) is 13.8 Å². The van der Waals surface area contributed by atoms with Gasteiger partial charge in [0.2, 0.25) is 0 Å². The standard InChI is InChI=1S/C12H13N5O2/c1-9(2)11-4-3-10(5-12(11)17(18)19)6-15-16-7-13-14-8-16/h3-9H,1-2H3/b15-6+. The molecule has 1 aromatic carbocycles. The molecule has 0 radical (unpaired) electrons. The minimum atomic E-state index is -0.370. The van der Waals surface area contributed by atoms with E-state index in [0.29, 0.717) is 11.1 Å². The van der Waals surface area contributed by atoms with Crippen LogP contribution in [0.4, 0.5) is 5.69 Å². The predicted octanol–water partition coefficient (Wildman–Crippen LogP) is 2.19. The summed E-state index contributed by atoms with van der Waals surface area (Å²) >= 11 is 0. The maximum Gasteiger partial charge on any atom is 0.273 e. The number of nitrogens with zero attached hydrogens (tertiary/aromatic N) is 5. The number of nitro groups is 1. The average Bonchev–Trinajstić information content (AvgIpc) is 2.88. The molecule has 0 N–H and O–H groups in total. The lowest BCUT2D eigenvalue weighted by Crippen LogP contribution is -1.99. The second-order valence-corrected chi connectivity index (χ2v) is 4.32. The molecular formula is C12H13N5O2. The summed E-state index contributed by atoms with van der Waals surface area (Å²) in [4.78, 5) is 10.7. The SMILES string of the molecule is CC(C)c1ccc(/C=N/n2cnnc2)cc1[N+](=O)[O-]. The van der Waals surface area contributed by atoms with Gasteiger partial charge in [0.15, 0.2) is 0 Å². The van der Waals surface area contributed by atoms with Crippen molar-refractivity contribution >= 4 is 11.9 Å². The molecule has 0 aliphatic carbocycles. The predicted molar refractivity (Wildman–Crippen MR) is 70.2 cm³/mol. The Morgan fingerprint density at radius 1 is 1.37 bits per heavy atom. The van der Waals surface area contributed by atoms with E-state index in [0.717, 1.165) is 0 Å². The monoisotopic (exact) mass is 259 g/mol. The van der Waals surface area contributed by atoms with E-state index >= 15 is 0 Å². The summed E-state index contributed by atoms with van der Waals surface area (Å²) in [6.45, 7) is 3.85. The van der Waals surface area contributed by atoms with Gasteiger partial charge in [-0.1, -0.05) is 26.0 Å². The number of hydrogen-bond donors (Lipinski definition) is 0. The van der Waals surface area contributed by atoms with Gasteiger partial charge in [0, 0.05) is 17.2 Å². The van der Waals surface area contributed by atoms with Crippen LogP contribution < -0.4 is 0 Å². The Bertz CT molecular complexity index is 605. The quantitative estimate of drug-likeness (QED) is 0.478. The second-order valence-electron chi connectivity index (χ2n) is 4.32. The molecule has 2 rings (SSSR count). The molecule has 7 heteroatoms. The fourth-order valence-corrected chi connectivity index (χ4v) is 1.68. The van der Waals surface area contributed by atoms with E-state index in [1.54, 1.807) is 12.1 Å². The van der Waals surface area contributed by atoms with Crippen LogP contribution in [0.2, 0.25) is 0 Å². The summed E-state index contributed by atoms with van der Waals surface area (Å²) in [5.41, 5.74) is 1.49. The zero-order valence-electron chi connectivity index (χ0n) is 10.6. The molecule has 0 fully saturated rings. The third kappa shape index (κ3) is 3.01. The van der Waals surface area contributed by atoms with E-state index in [2.05, 4.69) is 15.3 Å². The van der Waals surface area contributed by atoms with Gasteiger partial charge in [-0.15, -0.1) is 10.2 Å². The van der Waals surface area contributed by atoms with Gasteiger partial charge in [0.25, 0.3) is 5.69 Å². The number of hydrogen-bond acceptors (Lipinski definition) is 5. The van der Waals surface area contributed by atoms with Crippen LogP contribution in [0, 0.1) is 10.1 Å². The molecule has 0 bridgehead atoms. The minimum absolute atomic E-state index is 0.101. The van der Waals surface area contributed by atoms with Gasteiger partial charge in [0.1, 0.15) is 12.7 Å². The summed E-state index contributed by atoms with van der Waals surface area (Å²) < 4.78 is 1.42. The first-order chi connectivity index (χ1) is 9.08. The Labute approximate surface area is 109 Å². The summed E-state index contributed by atoms with van der Waals surface area (Å²) in [6.07, 6.45) is 4.40. The molecule has 1 heterocycles. The van der Waals surface area contributed by atoms with Gasteiger partial charge >= 0.3 is 0 Å². The first-order valence-electron chi connectivity index (χ1n) is 5.75. The Morgan fingerprint density at radius 3 is 2.63 bits per heavy atom. The molecule has 0 saturated heterocycles. The molecule has 0 atom stereocenters. The summed E-state index contributed by atoms with van der Waals surface area (Å²) in [5.74, 6) is 0.101. The summed E-state index contributed by atoms with van der Waals surface area (Å²) in [5, 5.41) is 22.3. The third-order valence-corrected chi connectivity index (χ3v) is 2.62. The molecule has 0 amide bonds. The van der Waals surface area contributed by atoms with E-state index in [9.17, 15) is 10.1 Å². The van der Waals surface area contributed by atoms with Gasteiger partial charge in [0.05, 0.1) is 11.1 Å². The van der Waals surface area contributed by atoms with Crippen LogP contribution in [0.3, 0.4) is 0 Å². The van der Waals surface area contributed by atoms with Crippen molar-refractivity contribution in [2.75, 3.05) is 0 Å². The van der Waals surface area contributed by atoms with Crippen molar-refractivity contribution in [1.29, 1.82) is 0 Å². The van der Waals surface area contributed by atoms with E-state index < -0.39 is 0 Å². The third-order valence-electron chi connectivity index (χ3n) is 2.62. The molecule has 0 saturated carbocycles. The molecule has 98 valence electrons. The smallest absolute Gasteiger partial charge is 0.258 e. The highest BCUT2D eigenvalue weighted by molar-refractivity contribution is 5.81. The average molecular weight is 259 g/mol. The van der Waals surface area contributed by atoms with Crippen molar-refractivity contribution in [3.05, 3.63) is 52.1 Å². The molecule has 0 aliphatic heterocycles. The van der Waals surface area contributed by atoms with Crippen molar-refractivity contribution in [3.8, 4) is 0 Å². The van der Waals surface area contributed by atoms with Crippen LogP contribution in [0.1, 0.15) is 30.9 Å². The minimum Gasteiger partial charge on any atom is -0.258 e. The van der Waals surface area contributed by atoms with Crippen LogP contribution in [0.5, 0.6) is 0 Å². The van der Waals surface area contributed by atoms with Crippen LogP contribution in [-0.4, -0.2) is 26.0 Å². The van der Waals surface area contributed by atoms with Crippen LogP contribution in [0.25, 0.3) is 0 Å². The van der Waals surface area contributed by atoms with Crippen molar-refractivity contribution in [1.82, 2.24) is 14.9 Å². The van der Waals surface area contributed by atoms with E-state index in [4.69, 9.17) is 0 Å². The molecule has 0 spiro atoms. The first-order valence-corrected chi connectivity index (χ1v) is 5.75. The fourth-order valence-electron chi connectivity index (χ4n) is 1.68. The molecule has 7 nitrogen and oxygen atoms in total. The zero-order chi connectivity index (χ0) is 13.8. The Hall–Kier alpha value is -2.57. The summed E-state index contributed by atoms with van der Waals surface area (Å²) in [7, 11) is 0. The number of nitro benzene ring substituents is 1. The van der Waals surface area contributed by atoms with Gasteiger partial charge in [-0.3, -0.25) is 10.1 Å². The highest BCUT2D eigenvalue weighted by Crippen LogP contribution is 2.26. The number of rotatable bonds is 4. The molecule has 0 aliphatic rings. The lowest BCUT2D eigenvalue weighted by Gasteiger charge is -2.06.